The Labute approximate surface area is 135 Å². The second-order valence-corrected chi connectivity index (χ2v) is 5.37. The molecule has 1 aromatic heterocycles. The molecule has 2 nitrogen and oxygen atoms in total. The average molecular weight is 296 g/mol. The Hall–Kier alpha value is -3.13. The van der Waals surface area contributed by atoms with Crippen LogP contribution in [-0.4, -0.2) is 4.98 Å². The van der Waals surface area contributed by atoms with E-state index in [-0.39, 0.29) is 0 Å². The zero-order chi connectivity index (χ0) is 15.5. The molecule has 23 heavy (non-hydrogen) atoms. The number of hydrogen-bond donors (Lipinski definition) is 0. The number of benzene rings is 3. The molecule has 0 aliphatic heterocycles. The monoisotopic (exact) mass is 296 g/mol. The van der Waals surface area contributed by atoms with Crippen LogP contribution in [0, 0.1) is 0 Å². The molecule has 0 radical (unpaired) electrons. The molecule has 1 heterocycles. The summed E-state index contributed by atoms with van der Waals surface area (Å²) in [5.74, 6) is 0.918. The molecular weight excluding hydrogens is 280 g/mol. The van der Waals surface area contributed by atoms with Gasteiger partial charge in [-0.3, -0.25) is 4.90 Å². The number of para-hydroxylation sites is 3. The highest BCUT2D eigenvalue weighted by atomic mass is 15.2. The summed E-state index contributed by atoms with van der Waals surface area (Å²) < 4.78 is 0. The van der Waals surface area contributed by atoms with Crippen molar-refractivity contribution in [2.75, 3.05) is 4.90 Å². The molecule has 0 saturated heterocycles. The Morgan fingerprint density at radius 3 is 1.74 bits per heavy atom. The Bertz CT molecular complexity index is 878. The van der Waals surface area contributed by atoms with Crippen molar-refractivity contribution in [3.63, 3.8) is 0 Å². The van der Waals surface area contributed by atoms with E-state index in [1.165, 1.54) is 0 Å². The number of nitrogens with zero attached hydrogens (tertiary/aromatic N) is 2. The van der Waals surface area contributed by atoms with Gasteiger partial charge in [-0.05, 0) is 42.5 Å². The second kappa shape index (κ2) is 5.93. The van der Waals surface area contributed by atoms with Gasteiger partial charge >= 0.3 is 0 Å². The first kappa shape index (κ1) is 13.5. The summed E-state index contributed by atoms with van der Waals surface area (Å²) in [7, 11) is 0. The number of rotatable bonds is 3. The predicted octanol–water partition coefficient (Wildman–Crippen LogP) is 5.70. The molecule has 110 valence electrons. The van der Waals surface area contributed by atoms with E-state index in [0.717, 1.165) is 28.1 Å². The molecule has 3 aromatic carbocycles. The lowest BCUT2D eigenvalue weighted by atomic mass is 10.2. The smallest absolute Gasteiger partial charge is 0.138 e. The van der Waals surface area contributed by atoms with E-state index in [9.17, 15) is 0 Å². The van der Waals surface area contributed by atoms with E-state index in [4.69, 9.17) is 4.98 Å². The highest BCUT2D eigenvalue weighted by Crippen LogP contribution is 2.33. The Balaban J connectivity index is 1.90. The predicted molar refractivity (Wildman–Crippen MR) is 96.4 cm³/mol. The first-order valence-electron chi connectivity index (χ1n) is 7.68. The minimum Gasteiger partial charge on any atom is -0.295 e. The first-order chi connectivity index (χ1) is 11.4. The first-order valence-corrected chi connectivity index (χ1v) is 7.68. The van der Waals surface area contributed by atoms with Crippen LogP contribution < -0.4 is 4.90 Å². The van der Waals surface area contributed by atoms with Gasteiger partial charge in [0, 0.05) is 16.8 Å². The van der Waals surface area contributed by atoms with Crippen LogP contribution in [0.3, 0.4) is 0 Å². The van der Waals surface area contributed by atoms with Crippen LogP contribution >= 0.6 is 0 Å². The molecule has 0 unspecified atom stereocenters. The summed E-state index contributed by atoms with van der Waals surface area (Å²) in [5, 5.41) is 1.15. The number of aromatic nitrogens is 1. The fourth-order valence-corrected chi connectivity index (χ4v) is 2.75. The van der Waals surface area contributed by atoms with Gasteiger partial charge in [-0.15, -0.1) is 0 Å². The Morgan fingerprint density at radius 2 is 1.09 bits per heavy atom. The fraction of sp³-hybridized carbons (Fsp3) is 0. The van der Waals surface area contributed by atoms with Crippen molar-refractivity contribution in [1.82, 2.24) is 4.98 Å². The van der Waals surface area contributed by atoms with Crippen molar-refractivity contribution in [2.24, 2.45) is 0 Å². The largest absolute Gasteiger partial charge is 0.295 e. The lowest BCUT2D eigenvalue weighted by Gasteiger charge is -2.24. The lowest BCUT2D eigenvalue weighted by molar-refractivity contribution is 1.21. The van der Waals surface area contributed by atoms with E-state index in [2.05, 4.69) is 47.4 Å². The van der Waals surface area contributed by atoms with E-state index in [1.807, 2.05) is 54.6 Å². The van der Waals surface area contributed by atoms with Gasteiger partial charge in [-0.2, -0.15) is 0 Å². The zero-order valence-electron chi connectivity index (χ0n) is 12.6. The maximum Gasteiger partial charge on any atom is 0.138 e. The zero-order valence-corrected chi connectivity index (χ0v) is 12.6. The molecular formula is C21H16N2. The van der Waals surface area contributed by atoms with Crippen LogP contribution in [0.2, 0.25) is 0 Å². The molecule has 0 saturated carbocycles. The lowest BCUT2D eigenvalue weighted by Crippen LogP contribution is -2.11. The Morgan fingerprint density at radius 1 is 0.522 bits per heavy atom. The molecule has 0 aliphatic carbocycles. The van der Waals surface area contributed by atoms with E-state index < -0.39 is 0 Å². The van der Waals surface area contributed by atoms with Crippen molar-refractivity contribution in [3.05, 3.63) is 97.1 Å². The molecule has 2 heteroatoms. The highest BCUT2D eigenvalue weighted by Gasteiger charge is 2.13. The van der Waals surface area contributed by atoms with Gasteiger partial charge in [-0.1, -0.05) is 54.6 Å². The average Bonchev–Trinajstić information content (AvgIpc) is 2.64. The summed E-state index contributed by atoms with van der Waals surface area (Å²) in [6.07, 6.45) is 0. The van der Waals surface area contributed by atoms with Gasteiger partial charge in [0.15, 0.2) is 0 Å². The summed E-state index contributed by atoms with van der Waals surface area (Å²) in [6, 6.07) is 33.0. The number of fused-ring (bicyclic) bond motifs is 1. The van der Waals surface area contributed by atoms with E-state index >= 15 is 0 Å². The number of hydrogen-bond acceptors (Lipinski definition) is 2. The van der Waals surface area contributed by atoms with Gasteiger partial charge in [0.25, 0.3) is 0 Å². The van der Waals surface area contributed by atoms with Crippen molar-refractivity contribution >= 4 is 28.1 Å². The van der Waals surface area contributed by atoms with Crippen molar-refractivity contribution in [3.8, 4) is 0 Å². The van der Waals surface area contributed by atoms with Crippen LogP contribution in [0.25, 0.3) is 10.9 Å². The topological polar surface area (TPSA) is 16.1 Å². The van der Waals surface area contributed by atoms with Crippen molar-refractivity contribution in [2.45, 2.75) is 0 Å². The SMILES string of the molecule is c1ccc(N(c2ccccc2)c2ccc3ccccc3n2)cc1. The van der Waals surface area contributed by atoms with Gasteiger partial charge in [0.2, 0.25) is 0 Å². The Kier molecular flexibility index (Phi) is 3.49. The third-order valence-electron chi connectivity index (χ3n) is 3.84. The molecule has 4 aromatic rings. The van der Waals surface area contributed by atoms with Gasteiger partial charge in [0.05, 0.1) is 5.52 Å². The summed E-state index contributed by atoms with van der Waals surface area (Å²) >= 11 is 0. The van der Waals surface area contributed by atoms with Crippen molar-refractivity contribution < 1.29 is 0 Å². The van der Waals surface area contributed by atoms with Gasteiger partial charge in [0.1, 0.15) is 5.82 Å². The van der Waals surface area contributed by atoms with Crippen LogP contribution in [0.15, 0.2) is 97.1 Å². The van der Waals surface area contributed by atoms with Crippen LogP contribution in [0.1, 0.15) is 0 Å². The van der Waals surface area contributed by atoms with Crippen LogP contribution in [0.5, 0.6) is 0 Å². The molecule has 0 atom stereocenters. The van der Waals surface area contributed by atoms with E-state index in [1.54, 1.807) is 0 Å². The van der Waals surface area contributed by atoms with E-state index in [0.29, 0.717) is 0 Å². The standard InChI is InChI=1S/C21H16N2/c1-3-10-18(11-4-1)23(19-12-5-2-6-13-19)21-16-15-17-9-7-8-14-20(17)22-21/h1-16H. The summed E-state index contributed by atoms with van der Waals surface area (Å²) in [5.41, 5.74) is 3.20. The van der Waals surface area contributed by atoms with Crippen LogP contribution in [0.4, 0.5) is 17.2 Å². The third kappa shape index (κ3) is 2.67. The number of pyridine rings is 1. The minimum atomic E-state index is 0.918. The quantitative estimate of drug-likeness (QED) is 0.482. The second-order valence-electron chi connectivity index (χ2n) is 5.37. The van der Waals surface area contributed by atoms with Crippen molar-refractivity contribution in [1.29, 1.82) is 0 Å². The summed E-state index contributed by atoms with van der Waals surface area (Å²) in [4.78, 5) is 7.03. The molecule has 0 amide bonds. The minimum absolute atomic E-state index is 0.918. The maximum atomic E-state index is 4.85. The van der Waals surface area contributed by atoms with Gasteiger partial charge < -0.3 is 0 Å². The molecule has 0 fully saturated rings. The normalized spacial score (nSPS) is 10.6. The maximum absolute atomic E-state index is 4.85. The molecule has 0 bridgehead atoms. The highest BCUT2D eigenvalue weighted by molar-refractivity contribution is 5.83. The molecule has 4 rings (SSSR count). The molecule has 0 N–H and O–H groups in total. The molecule has 0 spiro atoms. The number of anilines is 3. The van der Waals surface area contributed by atoms with Gasteiger partial charge in [-0.25, -0.2) is 4.98 Å². The molecule has 0 aliphatic rings. The fourth-order valence-electron chi connectivity index (χ4n) is 2.75. The third-order valence-corrected chi connectivity index (χ3v) is 3.84. The van der Waals surface area contributed by atoms with Crippen LogP contribution in [-0.2, 0) is 0 Å². The summed E-state index contributed by atoms with van der Waals surface area (Å²) in [6.45, 7) is 0.